The van der Waals surface area contributed by atoms with E-state index in [1.165, 1.54) is 21.1 Å². The molecule has 0 aliphatic rings. The first kappa shape index (κ1) is 21.0. The lowest BCUT2D eigenvalue weighted by molar-refractivity contribution is 0.274. The van der Waals surface area contributed by atoms with Crippen LogP contribution in [-0.4, -0.2) is 34.1 Å². The van der Waals surface area contributed by atoms with Crippen LogP contribution in [0.4, 0.5) is 0 Å². The predicted molar refractivity (Wildman–Crippen MR) is 116 cm³/mol. The number of pyridine rings is 2. The Kier molecular flexibility index (Phi) is 5.03. The van der Waals surface area contributed by atoms with Crippen molar-refractivity contribution >= 4 is 26.5 Å². The van der Waals surface area contributed by atoms with Crippen LogP contribution < -0.4 is 11.0 Å². The number of rotatable bonds is 4. The highest BCUT2D eigenvalue weighted by molar-refractivity contribution is 7.91. The van der Waals surface area contributed by atoms with Gasteiger partial charge < -0.3 is 9.67 Å². The van der Waals surface area contributed by atoms with Gasteiger partial charge in [-0.05, 0) is 61.7 Å². The number of aromatic nitrogens is 3. The zero-order valence-corrected chi connectivity index (χ0v) is 18.2. The lowest BCUT2D eigenvalue weighted by Crippen LogP contribution is -2.31. The van der Waals surface area contributed by atoms with Crippen LogP contribution >= 0.6 is 0 Å². The van der Waals surface area contributed by atoms with Crippen LogP contribution in [0.5, 0.6) is 0 Å². The van der Waals surface area contributed by atoms with Gasteiger partial charge in [0, 0.05) is 12.7 Å². The third kappa shape index (κ3) is 3.26. The number of nitrogens with zero attached hydrogens (tertiary/aromatic N) is 3. The Hall–Kier alpha value is -3.30. The highest BCUT2D eigenvalue weighted by Gasteiger charge is 2.24. The molecule has 0 aliphatic heterocycles. The van der Waals surface area contributed by atoms with Crippen LogP contribution in [-0.2, 0) is 16.4 Å². The fourth-order valence-electron chi connectivity index (χ4n) is 3.60. The minimum Gasteiger partial charge on any atom is -0.395 e. The Balaban J connectivity index is 2.14. The number of hydrogen-bond donors (Lipinski definition) is 2. The Morgan fingerprint density at radius 3 is 2.45 bits per heavy atom. The summed E-state index contributed by atoms with van der Waals surface area (Å²) in [6.07, 6.45) is 1.57. The van der Waals surface area contributed by atoms with E-state index in [4.69, 9.17) is 5.41 Å². The van der Waals surface area contributed by atoms with Gasteiger partial charge in [0.15, 0.2) is 0 Å². The zero-order chi connectivity index (χ0) is 22.5. The summed E-state index contributed by atoms with van der Waals surface area (Å²) >= 11 is 0. The fourth-order valence-corrected chi connectivity index (χ4v) is 5.07. The molecule has 2 N–H and O–H groups in total. The van der Waals surface area contributed by atoms with Crippen molar-refractivity contribution < 1.29 is 13.5 Å². The summed E-state index contributed by atoms with van der Waals surface area (Å²) in [5, 5.41) is 18.2. The van der Waals surface area contributed by atoms with Crippen molar-refractivity contribution in [3.8, 4) is 0 Å². The first-order valence-electron chi connectivity index (χ1n) is 9.70. The molecule has 0 amide bonds. The van der Waals surface area contributed by atoms with Crippen molar-refractivity contribution in [2.24, 2.45) is 0 Å². The van der Waals surface area contributed by atoms with Crippen LogP contribution in [0.25, 0.3) is 16.7 Å². The summed E-state index contributed by atoms with van der Waals surface area (Å²) in [7, 11) is -4.09. The van der Waals surface area contributed by atoms with Gasteiger partial charge in [0.25, 0.3) is 5.56 Å². The molecule has 0 saturated heterocycles. The lowest BCUT2D eigenvalue weighted by atomic mass is 10.1. The zero-order valence-electron chi connectivity index (χ0n) is 17.4. The maximum Gasteiger partial charge on any atom is 0.267 e. The Bertz CT molecular complexity index is 1580. The summed E-state index contributed by atoms with van der Waals surface area (Å²) in [6.45, 7) is 5.09. The molecule has 3 aromatic heterocycles. The van der Waals surface area contributed by atoms with E-state index >= 15 is 0 Å². The van der Waals surface area contributed by atoms with E-state index in [9.17, 15) is 18.3 Å². The second-order valence-corrected chi connectivity index (χ2v) is 9.44. The largest absolute Gasteiger partial charge is 0.395 e. The molecule has 0 spiro atoms. The Morgan fingerprint density at radius 2 is 1.77 bits per heavy atom. The van der Waals surface area contributed by atoms with Crippen LogP contribution in [0.15, 0.2) is 57.2 Å². The number of aliphatic hydroxyl groups is 1. The molecule has 0 fully saturated rings. The van der Waals surface area contributed by atoms with Crippen molar-refractivity contribution in [1.29, 1.82) is 5.41 Å². The van der Waals surface area contributed by atoms with E-state index in [2.05, 4.69) is 4.98 Å². The lowest BCUT2D eigenvalue weighted by Gasteiger charge is -2.15. The molecule has 0 bridgehead atoms. The SMILES string of the molecule is Cc1ccc(S(=O)(=O)c2cc3c(=O)n4cccc(C)c4nc3n(CCO)c2=N)cc1C. The number of nitrogens with one attached hydrogen (secondary N) is 1. The van der Waals surface area contributed by atoms with E-state index in [0.717, 1.165) is 16.7 Å². The van der Waals surface area contributed by atoms with Crippen molar-refractivity contribution in [3.63, 3.8) is 0 Å². The van der Waals surface area contributed by atoms with Crippen molar-refractivity contribution in [2.45, 2.75) is 37.1 Å². The number of aryl methyl sites for hydroxylation is 3. The molecule has 0 radical (unpaired) electrons. The van der Waals surface area contributed by atoms with Crippen LogP contribution in [0.1, 0.15) is 16.7 Å². The van der Waals surface area contributed by atoms with Crippen molar-refractivity contribution in [3.05, 3.63) is 75.1 Å². The van der Waals surface area contributed by atoms with Crippen LogP contribution in [0, 0.1) is 26.2 Å². The van der Waals surface area contributed by atoms with Gasteiger partial charge in [0.2, 0.25) is 9.84 Å². The monoisotopic (exact) mass is 438 g/mol. The average molecular weight is 439 g/mol. The van der Waals surface area contributed by atoms with E-state index in [-0.39, 0.29) is 39.5 Å². The molecule has 3 heterocycles. The normalized spacial score (nSPS) is 12.0. The van der Waals surface area contributed by atoms with Crippen LogP contribution in [0.2, 0.25) is 0 Å². The first-order valence-corrected chi connectivity index (χ1v) is 11.2. The first-order chi connectivity index (χ1) is 14.7. The molecule has 4 rings (SSSR count). The number of fused-ring (bicyclic) bond motifs is 2. The number of benzene rings is 1. The molecule has 160 valence electrons. The van der Waals surface area contributed by atoms with Gasteiger partial charge >= 0.3 is 0 Å². The Morgan fingerprint density at radius 1 is 1.03 bits per heavy atom. The van der Waals surface area contributed by atoms with Gasteiger partial charge in [-0.1, -0.05) is 12.1 Å². The molecule has 31 heavy (non-hydrogen) atoms. The maximum atomic E-state index is 13.4. The minimum absolute atomic E-state index is 0.0451. The summed E-state index contributed by atoms with van der Waals surface area (Å²) in [4.78, 5) is 17.5. The summed E-state index contributed by atoms with van der Waals surface area (Å²) < 4.78 is 29.5. The molecule has 0 aliphatic carbocycles. The van der Waals surface area contributed by atoms with Crippen molar-refractivity contribution in [2.75, 3.05) is 6.61 Å². The van der Waals surface area contributed by atoms with Gasteiger partial charge in [-0.2, -0.15) is 0 Å². The number of aliphatic hydroxyl groups excluding tert-OH is 1. The van der Waals surface area contributed by atoms with E-state index in [1.807, 2.05) is 26.8 Å². The Labute approximate surface area is 178 Å². The second-order valence-electron chi connectivity index (χ2n) is 7.52. The van der Waals surface area contributed by atoms with Gasteiger partial charge in [-0.15, -0.1) is 0 Å². The maximum absolute atomic E-state index is 13.4. The smallest absolute Gasteiger partial charge is 0.267 e. The molecular formula is C22H22N4O4S. The second kappa shape index (κ2) is 7.44. The average Bonchev–Trinajstić information content (AvgIpc) is 2.73. The quantitative estimate of drug-likeness (QED) is 0.472. The minimum atomic E-state index is -4.09. The third-order valence-corrected chi connectivity index (χ3v) is 7.27. The summed E-state index contributed by atoms with van der Waals surface area (Å²) in [5.41, 5.74) is 2.32. The standard InChI is InChI=1S/C22H22N4O4S/c1-13-6-7-16(11-15(13)3)31(29,30)18-12-17-21(25(9-10-27)19(18)23)24-20-14(2)5-4-8-26(20)22(17)28/h4-8,11-12,23,27H,9-10H2,1-3H3. The highest BCUT2D eigenvalue weighted by atomic mass is 32.2. The number of sulfone groups is 1. The van der Waals surface area contributed by atoms with E-state index in [0.29, 0.717) is 5.65 Å². The molecule has 0 atom stereocenters. The summed E-state index contributed by atoms with van der Waals surface area (Å²) in [5.74, 6) is 0. The summed E-state index contributed by atoms with van der Waals surface area (Å²) in [6, 6.07) is 9.50. The molecule has 4 aromatic rings. The topological polar surface area (TPSA) is 118 Å². The van der Waals surface area contributed by atoms with Gasteiger partial charge in [-0.3, -0.25) is 14.6 Å². The molecule has 0 saturated carbocycles. The molecular weight excluding hydrogens is 416 g/mol. The fraction of sp³-hybridized carbons (Fsp3) is 0.227. The van der Waals surface area contributed by atoms with Crippen LogP contribution in [0.3, 0.4) is 0 Å². The van der Waals surface area contributed by atoms with E-state index in [1.54, 1.807) is 24.4 Å². The molecule has 0 unspecified atom stereocenters. The molecule has 1 aromatic carbocycles. The number of hydrogen-bond acceptors (Lipinski definition) is 6. The van der Waals surface area contributed by atoms with Gasteiger partial charge in [-0.25, -0.2) is 13.4 Å². The van der Waals surface area contributed by atoms with Gasteiger partial charge in [0.05, 0.1) is 16.9 Å². The highest BCUT2D eigenvalue weighted by Crippen LogP contribution is 2.23. The molecule has 8 nitrogen and oxygen atoms in total. The predicted octanol–water partition coefficient (Wildman–Crippen LogP) is 1.88. The van der Waals surface area contributed by atoms with Gasteiger partial charge in [0.1, 0.15) is 21.7 Å². The van der Waals surface area contributed by atoms with E-state index < -0.39 is 15.4 Å². The molecule has 9 heteroatoms. The third-order valence-electron chi connectivity index (χ3n) is 5.50. The van der Waals surface area contributed by atoms with Crippen molar-refractivity contribution in [1.82, 2.24) is 14.0 Å².